The van der Waals surface area contributed by atoms with Gasteiger partial charge in [-0.2, -0.15) is 0 Å². The molecule has 14 heavy (non-hydrogen) atoms. The van der Waals surface area contributed by atoms with Crippen molar-refractivity contribution in [2.45, 2.75) is 18.2 Å². The average Bonchev–Trinajstić information content (AvgIpc) is 2.41. The molecule has 0 N–H and O–H groups in total. The molecule has 0 aromatic carbocycles. The van der Waals surface area contributed by atoms with Gasteiger partial charge in [0, 0.05) is 32.4 Å². The van der Waals surface area contributed by atoms with E-state index in [0.29, 0.717) is 18.8 Å². The van der Waals surface area contributed by atoms with Crippen molar-refractivity contribution in [3.05, 3.63) is 0 Å². The lowest BCUT2D eigenvalue weighted by molar-refractivity contribution is -0.141. The Morgan fingerprint density at radius 3 is 2.50 bits per heavy atom. The largest absolute Gasteiger partial charge is 0.274 e. The number of amides is 1. The molecule has 2 atom stereocenters. The van der Waals surface area contributed by atoms with E-state index in [1.807, 2.05) is 21.0 Å². The van der Waals surface area contributed by atoms with Crippen LogP contribution in [0.15, 0.2) is 0 Å². The maximum Gasteiger partial charge on any atom is 0.258 e. The zero-order valence-electron chi connectivity index (χ0n) is 8.76. The molecule has 0 aromatic rings. The Labute approximate surface area is 94.9 Å². The second kappa shape index (κ2) is 4.25. The molecule has 1 aliphatic rings. The molecule has 1 aliphatic heterocycles. The first-order chi connectivity index (χ1) is 6.47. The van der Waals surface area contributed by atoms with Gasteiger partial charge in [-0.1, -0.05) is 6.92 Å². The smallest absolute Gasteiger partial charge is 0.258 e. The summed E-state index contributed by atoms with van der Waals surface area (Å²) in [5.74, 6) is 0.427. The van der Waals surface area contributed by atoms with Crippen LogP contribution in [0.25, 0.3) is 0 Å². The molecular weight excluding hydrogens is 223 g/mol. The molecular formula is C9H16Cl2N2O. The highest BCUT2D eigenvalue weighted by molar-refractivity contribution is 6.36. The van der Waals surface area contributed by atoms with Gasteiger partial charge in [0.05, 0.1) is 0 Å². The SMILES string of the molecule is CC[C@]1(Cl)C(=O)N(N(C)C)C[C@H]1CCl. The summed E-state index contributed by atoms with van der Waals surface area (Å²) in [4.78, 5) is 11.2. The molecule has 5 heteroatoms. The number of carbonyl (C=O) groups is 1. The predicted molar refractivity (Wildman–Crippen MR) is 58.5 cm³/mol. The number of hydrogen-bond acceptors (Lipinski definition) is 2. The van der Waals surface area contributed by atoms with Crippen LogP contribution in [0.2, 0.25) is 0 Å². The van der Waals surface area contributed by atoms with Gasteiger partial charge < -0.3 is 0 Å². The summed E-state index contributed by atoms with van der Waals surface area (Å²) < 4.78 is 0. The Kier molecular flexibility index (Phi) is 3.67. The number of alkyl halides is 2. The van der Waals surface area contributed by atoms with Gasteiger partial charge in [0.1, 0.15) is 4.87 Å². The first kappa shape index (κ1) is 12.1. The van der Waals surface area contributed by atoms with Gasteiger partial charge >= 0.3 is 0 Å². The molecule has 1 rings (SSSR count). The van der Waals surface area contributed by atoms with Crippen molar-refractivity contribution in [1.82, 2.24) is 10.0 Å². The van der Waals surface area contributed by atoms with E-state index in [4.69, 9.17) is 23.2 Å². The molecule has 0 radical (unpaired) electrons. The maximum absolute atomic E-state index is 12.0. The molecule has 0 spiro atoms. The molecule has 1 heterocycles. The maximum atomic E-state index is 12.0. The molecule has 82 valence electrons. The highest BCUT2D eigenvalue weighted by Gasteiger charge is 2.51. The summed E-state index contributed by atoms with van der Waals surface area (Å²) in [5, 5.41) is 3.42. The molecule has 1 fully saturated rings. The summed E-state index contributed by atoms with van der Waals surface area (Å²) >= 11 is 12.1. The van der Waals surface area contributed by atoms with Crippen LogP contribution in [-0.4, -0.2) is 47.3 Å². The monoisotopic (exact) mass is 238 g/mol. The molecule has 3 nitrogen and oxygen atoms in total. The Hall–Kier alpha value is 0.01000. The third kappa shape index (κ3) is 1.73. The van der Waals surface area contributed by atoms with Crippen LogP contribution in [-0.2, 0) is 4.79 Å². The Bertz CT molecular complexity index is 235. The number of nitrogens with zero attached hydrogens (tertiary/aromatic N) is 2. The topological polar surface area (TPSA) is 23.6 Å². The second-order valence-electron chi connectivity index (χ2n) is 3.80. The van der Waals surface area contributed by atoms with E-state index in [-0.39, 0.29) is 11.8 Å². The molecule has 0 saturated carbocycles. The molecule has 1 saturated heterocycles. The van der Waals surface area contributed by atoms with Crippen molar-refractivity contribution >= 4 is 29.1 Å². The van der Waals surface area contributed by atoms with E-state index in [9.17, 15) is 4.79 Å². The van der Waals surface area contributed by atoms with Crippen molar-refractivity contribution in [2.75, 3.05) is 26.5 Å². The van der Waals surface area contributed by atoms with Gasteiger partial charge in [0.25, 0.3) is 5.91 Å². The molecule has 1 amide bonds. The predicted octanol–water partition coefficient (Wildman–Crippen LogP) is 1.55. The zero-order chi connectivity index (χ0) is 10.9. The van der Waals surface area contributed by atoms with Crippen molar-refractivity contribution in [3.8, 4) is 0 Å². The van der Waals surface area contributed by atoms with Crippen LogP contribution < -0.4 is 0 Å². The highest BCUT2D eigenvalue weighted by atomic mass is 35.5. The number of hydrogen-bond donors (Lipinski definition) is 0. The first-order valence-corrected chi connectivity index (χ1v) is 5.62. The Morgan fingerprint density at radius 2 is 2.21 bits per heavy atom. The van der Waals surface area contributed by atoms with Crippen LogP contribution in [0.3, 0.4) is 0 Å². The summed E-state index contributed by atoms with van der Waals surface area (Å²) in [7, 11) is 3.67. The van der Waals surface area contributed by atoms with E-state index < -0.39 is 4.87 Å². The van der Waals surface area contributed by atoms with Gasteiger partial charge in [-0.3, -0.25) is 9.80 Å². The molecule has 0 aromatic heterocycles. The molecule has 0 unspecified atom stereocenters. The minimum absolute atomic E-state index is 0.0303. The molecule has 0 bridgehead atoms. The highest BCUT2D eigenvalue weighted by Crippen LogP contribution is 2.38. The van der Waals surface area contributed by atoms with Crippen molar-refractivity contribution < 1.29 is 4.79 Å². The van der Waals surface area contributed by atoms with E-state index >= 15 is 0 Å². The zero-order valence-corrected chi connectivity index (χ0v) is 10.3. The summed E-state index contributed by atoms with van der Waals surface area (Å²) in [5.41, 5.74) is 0. The second-order valence-corrected chi connectivity index (χ2v) is 4.78. The fourth-order valence-corrected chi connectivity index (χ4v) is 2.47. The minimum Gasteiger partial charge on any atom is -0.274 e. The van der Waals surface area contributed by atoms with Crippen molar-refractivity contribution in [3.63, 3.8) is 0 Å². The fraction of sp³-hybridized carbons (Fsp3) is 0.889. The third-order valence-corrected chi connectivity index (χ3v) is 3.92. The Balaban J connectivity index is 2.91. The van der Waals surface area contributed by atoms with E-state index in [0.717, 1.165) is 0 Å². The number of hydrazine groups is 1. The first-order valence-electron chi connectivity index (χ1n) is 4.71. The summed E-state index contributed by atoms with van der Waals surface area (Å²) in [6, 6.07) is 0. The van der Waals surface area contributed by atoms with Crippen LogP contribution in [0.4, 0.5) is 0 Å². The molecule has 0 aliphatic carbocycles. The van der Waals surface area contributed by atoms with Crippen molar-refractivity contribution in [1.29, 1.82) is 0 Å². The standard InChI is InChI=1S/C9H16Cl2N2O/c1-4-9(11)7(5-10)6-13(8(9)14)12(2)3/h7H,4-6H2,1-3H3/t7-,9-/m1/s1. The van der Waals surface area contributed by atoms with Gasteiger partial charge in [0.15, 0.2) is 0 Å². The van der Waals surface area contributed by atoms with Gasteiger partial charge in [-0.15, -0.1) is 23.2 Å². The van der Waals surface area contributed by atoms with Gasteiger partial charge in [0.2, 0.25) is 0 Å². The van der Waals surface area contributed by atoms with Crippen LogP contribution in [0.5, 0.6) is 0 Å². The van der Waals surface area contributed by atoms with Crippen LogP contribution >= 0.6 is 23.2 Å². The van der Waals surface area contributed by atoms with E-state index in [1.165, 1.54) is 0 Å². The number of halogens is 2. The summed E-state index contributed by atoms with van der Waals surface area (Å²) in [6.07, 6.45) is 0.620. The number of carbonyl (C=O) groups excluding carboxylic acids is 1. The number of rotatable bonds is 3. The minimum atomic E-state index is -0.800. The summed E-state index contributed by atoms with van der Waals surface area (Å²) in [6.45, 7) is 2.54. The third-order valence-electron chi connectivity index (χ3n) is 2.81. The normalized spacial score (nSPS) is 33.1. The fourth-order valence-electron chi connectivity index (χ4n) is 1.78. The quantitative estimate of drug-likeness (QED) is 0.697. The van der Waals surface area contributed by atoms with Gasteiger partial charge in [-0.05, 0) is 6.42 Å². The van der Waals surface area contributed by atoms with E-state index in [2.05, 4.69) is 0 Å². The van der Waals surface area contributed by atoms with Crippen molar-refractivity contribution in [2.24, 2.45) is 5.92 Å². The van der Waals surface area contributed by atoms with E-state index in [1.54, 1.807) is 10.0 Å². The lowest BCUT2D eigenvalue weighted by atomic mass is 9.94. The van der Waals surface area contributed by atoms with Crippen LogP contribution in [0.1, 0.15) is 13.3 Å². The van der Waals surface area contributed by atoms with Crippen LogP contribution in [0, 0.1) is 5.92 Å². The average molecular weight is 239 g/mol. The lowest BCUT2D eigenvalue weighted by Crippen LogP contribution is -2.43. The Morgan fingerprint density at radius 1 is 1.64 bits per heavy atom. The lowest BCUT2D eigenvalue weighted by Gasteiger charge is -2.25. The van der Waals surface area contributed by atoms with Gasteiger partial charge in [-0.25, -0.2) is 5.01 Å².